The molecular formula is C17H16N3+. The Bertz CT molecular complexity index is 789. The fourth-order valence-electron chi connectivity index (χ4n) is 2.45. The number of nitrogens with zero attached hydrogens (tertiary/aromatic N) is 3. The Balaban J connectivity index is 2.23. The highest BCUT2D eigenvalue weighted by molar-refractivity contribution is 5.72. The number of fused-ring (bicyclic) bond motifs is 1. The van der Waals surface area contributed by atoms with Gasteiger partial charge >= 0.3 is 0 Å². The Hall–Kier alpha value is -2.60. The Kier molecular flexibility index (Phi) is 3.00. The topological polar surface area (TPSA) is 32.6 Å². The predicted octanol–water partition coefficient (Wildman–Crippen LogP) is 3.37. The lowest BCUT2D eigenvalue weighted by Gasteiger charge is -1.99. The number of hydrogen-bond donors (Lipinski definition) is 0. The number of rotatable bonds is 2. The van der Waals surface area contributed by atoms with Gasteiger partial charge in [-0.15, -0.1) is 0 Å². The van der Waals surface area contributed by atoms with Crippen molar-refractivity contribution in [2.75, 3.05) is 0 Å². The van der Waals surface area contributed by atoms with E-state index in [1.54, 1.807) is 0 Å². The second-order valence-corrected chi connectivity index (χ2v) is 5.13. The van der Waals surface area contributed by atoms with E-state index in [-0.39, 0.29) is 0 Å². The van der Waals surface area contributed by atoms with Crippen LogP contribution in [0, 0.1) is 11.3 Å². The van der Waals surface area contributed by atoms with Gasteiger partial charge in [-0.05, 0) is 50.2 Å². The van der Waals surface area contributed by atoms with Crippen molar-refractivity contribution in [3.63, 3.8) is 0 Å². The van der Waals surface area contributed by atoms with Gasteiger partial charge in [0.2, 0.25) is 6.33 Å². The first kappa shape index (κ1) is 12.4. The summed E-state index contributed by atoms with van der Waals surface area (Å²) in [5.41, 5.74) is 4.14. The third kappa shape index (κ3) is 1.96. The summed E-state index contributed by atoms with van der Waals surface area (Å²) in [5, 5.41) is 8.89. The van der Waals surface area contributed by atoms with Gasteiger partial charge in [0, 0.05) is 0 Å². The summed E-state index contributed by atoms with van der Waals surface area (Å²) in [6.45, 7) is 4.35. The van der Waals surface area contributed by atoms with Gasteiger partial charge in [0.1, 0.15) is 5.69 Å². The zero-order valence-corrected chi connectivity index (χ0v) is 11.6. The molecule has 0 aliphatic carbocycles. The minimum absolute atomic E-state index is 0.402. The molecule has 0 unspecified atom stereocenters. The lowest BCUT2D eigenvalue weighted by Crippen LogP contribution is -2.28. The second kappa shape index (κ2) is 4.82. The van der Waals surface area contributed by atoms with Crippen LogP contribution in [0.15, 0.2) is 54.9 Å². The standard InChI is InChI=1S/C17H16N3/c1-13(2)19-12-20(17-6-4-3-5-16(17)19)15-9-7-14(11-18)8-10-15/h3-10,12-13H,1-2H3/q+1. The first-order valence-electron chi connectivity index (χ1n) is 6.72. The zero-order chi connectivity index (χ0) is 14.1. The molecule has 0 saturated heterocycles. The van der Waals surface area contributed by atoms with E-state index >= 15 is 0 Å². The van der Waals surface area contributed by atoms with Crippen molar-refractivity contribution in [3.05, 3.63) is 60.4 Å². The Labute approximate surface area is 118 Å². The maximum Gasteiger partial charge on any atom is 0.250 e. The summed E-state index contributed by atoms with van der Waals surface area (Å²) in [4.78, 5) is 0. The van der Waals surface area contributed by atoms with Crippen LogP contribution < -0.4 is 4.57 Å². The van der Waals surface area contributed by atoms with Crippen LogP contribution >= 0.6 is 0 Å². The molecule has 3 heteroatoms. The molecular weight excluding hydrogens is 246 g/mol. The molecule has 1 aromatic heterocycles. The maximum absolute atomic E-state index is 8.89. The summed E-state index contributed by atoms with van der Waals surface area (Å²) >= 11 is 0. The first-order chi connectivity index (χ1) is 9.70. The van der Waals surface area contributed by atoms with Crippen molar-refractivity contribution in [3.8, 4) is 11.8 Å². The Morgan fingerprint density at radius 3 is 2.40 bits per heavy atom. The summed E-state index contributed by atoms with van der Waals surface area (Å²) in [7, 11) is 0. The minimum atomic E-state index is 0.402. The molecule has 0 aliphatic heterocycles. The average molecular weight is 262 g/mol. The van der Waals surface area contributed by atoms with Gasteiger partial charge in [0.15, 0.2) is 11.0 Å². The predicted molar refractivity (Wildman–Crippen MR) is 78.6 cm³/mol. The molecule has 3 rings (SSSR count). The quantitative estimate of drug-likeness (QED) is 0.652. The summed E-state index contributed by atoms with van der Waals surface area (Å²) in [6, 6.07) is 18.6. The monoisotopic (exact) mass is 262 g/mol. The van der Waals surface area contributed by atoms with E-state index in [4.69, 9.17) is 5.26 Å². The van der Waals surface area contributed by atoms with Crippen LogP contribution in [0.2, 0.25) is 0 Å². The number of para-hydroxylation sites is 2. The number of imidazole rings is 1. The lowest BCUT2D eigenvalue weighted by molar-refractivity contribution is -0.568. The van der Waals surface area contributed by atoms with Crippen LogP contribution in [-0.4, -0.2) is 4.57 Å². The second-order valence-electron chi connectivity index (χ2n) is 5.13. The molecule has 0 amide bonds. The average Bonchev–Trinajstić information content (AvgIpc) is 2.87. The molecule has 0 radical (unpaired) electrons. The van der Waals surface area contributed by atoms with E-state index in [0.29, 0.717) is 11.6 Å². The molecule has 2 aromatic carbocycles. The van der Waals surface area contributed by atoms with Crippen molar-refractivity contribution in [2.45, 2.75) is 19.9 Å². The van der Waals surface area contributed by atoms with Crippen LogP contribution in [0.25, 0.3) is 16.7 Å². The molecule has 1 heterocycles. The highest BCUT2D eigenvalue weighted by atomic mass is 15.1. The van der Waals surface area contributed by atoms with Gasteiger partial charge in [-0.1, -0.05) is 12.1 Å². The fourth-order valence-corrected chi connectivity index (χ4v) is 2.45. The van der Waals surface area contributed by atoms with Crippen molar-refractivity contribution < 1.29 is 4.57 Å². The Morgan fingerprint density at radius 2 is 1.75 bits per heavy atom. The van der Waals surface area contributed by atoms with Gasteiger partial charge in [-0.25, -0.2) is 4.57 Å². The lowest BCUT2D eigenvalue weighted by atomic mass is 10.2. The van der Waals surface area contributed by atoms with E-state index in [1.807, 2.05) is 30.3 Å². The number of nitriles is 1. The van der Waals surface area contributed by atoms with Gasteiger partial charge < -0.3 is 0 Å². The van der Waals surface area contributed by atoms with Gasteiger partial charge in [0.05, 0.1) is 17.7 Å². The molecule has 0 saturated carbocycles. The zero-order valence-electron chi connectivity index (χ0n) is 11.6. The van der Waals surface area contributed by atoms with Gasteiger partial charge in [-0.3, -0.25) is 0 Å². The van der Waals surface area contributed by atoms with Gasteiger partial charge in [-0.2, -0.15) is 9.83 Å². The molecule has 0 aliphatic rings. The summed E-state index contributed by atoms with van der Waals surface area (Å²) in [6.07, 6.45) is 2.12. The number of hydrogen-bond acceptors (Lipinski definition) is 1. The SMILES string of the molecule is CC(C)n1c[n+](-c2ccc(C#N)cc2)c2ccccc21. The number of benzene rings is 2. The minimum Gasteiger partial charge on any atom is -0.227 e. The highest BCUT2D eigenvalue weighted by Gasteiger charge is 2.18. The summed E-state index contributed by atoms with van der Waals surface area (Å²) < 4.78 is 4.42. The Morgan fingerprint density at radius 1 is 1.05 bits per heavy atom. The van der Waals surface area contributed by atoms with Crippen LogP contribution in [-0.2, 0) is 0 Å². The number of aromatic nitrogens is 2. The summed E-state index contributed by atoms with van der Waals surface area (Å²) in [5.74, 6) is 0. The van der Waals surface area contributed by atoms with Crippen LogP contribution in [0.1, 0.15) is 25.5 Å². The first-order valence-corrected chi connectivity index (χ1v) is 6.72. The fraction of sp³-hybridized carbons (Fsp3) is 0.176. The molecule has 3 nitrogen and oxygen atoms in total. The molecule has 0 bridgehead atoms. The van der Waals surface area contributed by atoms with Crippen molar-refractivity contribution in [2.24, 2.45) is 0 Å². The largest absolute Gasteiger partial charge is 0.250 e. The van der Waals surface area contributed by atoms with E-state index in [0.717, 1.165) is 5.69 Å². The highest BCUT2D eigenvalue weighted by Crippen LogP contribution is 2.17. The van der Waals surface area contributed by atoms with E-state index in [9.17, 15) is 0 Å². The molecule has 0 fully saturated rings. The molecule has 0 N–H and O–H groups in total. The smallest absolute Gasteiger partial charge is 0.227 e. The van der Waals surface area contributed by atoms with Gasteiger partial charge in [0.25, 0.3) is 0 Å². The molecule has 98 valence electrons. The van der Waals surface area contributed by atoms with Crippen molar-refractivity contribution in [1.82, 2.24) is 4.57 Å². The third-order valence-electron chi connectivity index (χ3n) is 3.49. The van der Waals surface area contributed by atoms with Crippen molar-refractivity contribution in [1.29, 1.82) is 5.26 Å². The molecule has 20 heavy (non-hydrogen) atoms. The molecule has 0 atom stereocenters. The molecule has 0 spiro atoms. The normalized spacial score (nSPS) is 10.9. The van der Waals surface area contributed by atoms with Crippen molar-refractivity contribution >= 4 is 11.0 Å². The van der Waals surface area contributed by atoms with E-state index in [2.05, 4.69) is 53.6 Å². The van der Waals surface area contributed by atoms with E-state index < -0.39 is 0 Å². The maximum atomic E-state index is 8.89. The van der Waals surface area contributed by atoms with Crippen LogP contribution in [0.4, 0.5) is 0 Å². The molecule has 3 aromatic rings. The van der Waals surface area contributed by atoms with Crippen LogP contribution in [0.3, 0.4) is 0 Å². The van der Waals surface area contributed by atoms with Crippen LogP contribution in [0.5, 0.6) is 0 Å². The third-order valence-corrected chi connectivity index (χ3v) is 3.49. The van der Waals surface area contributed by atoms with E-state index in [1.165, 1.54) is 11.0 Å².